The van der Waals surface area contributed by atoms with Crippen LogP contribution >= 0.6 is 0 Å². The number of benzene rings is 2. The minimum absolute atomic E-state index is 0.0215. The van der Waals surface area contributed by atoms with Crippen molar-refractivity contribution in [2.75, 3.05) is 19.1 Å². The standard InChI is InChI=1S/C26H22FN5O4/c1-15-30-11-12-31(15)19-10-9-17(27)13-20(19)32-23(26(34)36-3)22(25(33)35-2)21(18(14-28)24(32)29)16-7-5-4-6-8-16/h4-13,21H,29H2,1-3H3. The van der Waals surface area contributed by atoms with Crippen molar-refractivity contribution in [1.29, 1.82) is 5.26 Å². The van der Waals surface area contributed by atoms with Gasteiger partial charge in [0.2, 0.25) is 0 Å². The maximum Gasteiger partial charge on any atom is 0.355 e. The van der Waals surface area contributed by atoms with Crippen LogP contribution in [0.25, 0.3) is 5.69 Å². The van der Waals surface area contributed by atoms with Gasteiger partial charge >= 0.3 is 11.9 Å². The van der Waals surface area contributed by atoms with Crippen molar-refractivity contribution in [3.05, 3.63) is 101 Å². The van der Waals surface area contributed by atoms with Crippen LogP contribution < -0.4 is 10.6 Å². The normalized spacial score (nSPS) is 15.5. The van der Waals surface area contributed by atoms with Crippen LogP contribution in [0.5, 0.6) is 0 Å². The summed E-state index contributed by atoms with van der Waals surface area (Å²) in [6.07, 6.45) is 3.21. The fraction of sp³-hybridized carbons (Fsp3) is 0.154. The minimum Gasteiger partial charge on any atom is -0.466 e. The van der Waals surface area contributed by atoms with E-state index in [1.165, 1.54) is 12.1 Å². The predicted octanol–water partition coefficient (Wildman–Crippen LogP) is 3.22. The summed E-state index contributed by atoms with van der Waals surface area (Å²) in [7, 11) is 2.30. The Morgan fingerprint density at radius 2 is 1.78 bits per heavy atom. The highest BCUT2D eigenvalue weighted by atomic mass is 19.1. The van der Waals surface area contributed by atoms with Crippen molar-refractivity contribution in [3.63, 3.8) is 0 Å². The second kappa shape index (κ2) is 9.76. The van der Waals surface area contributed by atoms with Crippen LogP contribution in [-0.2, 0) is 19.1 Å². The second-order valence-electron chi connectivity index (χ2n) is 7.81. The molecule has 36 heavy (non-hydrogen) atoms. The van der Waals surface area contributed by atoms with Crippen LogP contribution in [0.3, 0.4) is 0 Å². The second-order valence-corrected chi connectivity index (χ2v) is 7.81. The molecule has 0 fully saturated rings. The predicted molar refractivity (Wildman–Crippen MR) is 128 cm³/mol. The number of esters is 2. The Bertz CT molecular complexity index is 1450. The van der Waals surface area contributed by atoms with Crippen LogP contribution in [0.4, 0.5) is 10.1 Å². The first-order chi connectivity index (χ1) is 17.3. The molecular formula is C26H22FN5O4. The molecule has 9 nitrogen and oxygen atoms in total. The van der Waals surface area contributed by atoms with Crippen LogP contribution in [0.15, 0.2) is 83.6 Å². The summed E-state index contributed by atoms with van der Waals surface area (Å²) in [4.78, 5) is 31.8. The molecule has 0 aliphatic carbocycles. The number of nitrogens with zero attached hydrogens (tertiary/aromatic N) is 4. The van der Waals surface area contributed by atoms with E-state index < -0.39 is 23.7 Å². The van der Waals surface area contributed by atoms with Gasteiger partial charge in [-0.3, -0.25) is 4.90 Å². The lowest BCUT2D eigenvalue weighted by Crippen LogP contribution is -2.41. The number of imidazole rings is 1. The molecule has 0 amide bonds. The molecule has 0 bridgehead atoms. The van der Waals surface area contributed by atoms with E-state index in [9.17, 15) is 19.2 Å². The Balaban J connectivity index is 2.13. The minimum atomic E-state index is -1.03. The van der Waals surface area contributed by atoms with Gasteiger partial charge in [0.25, 0.3) is 0 Å². The third-order valence-corrected chi connectivity index (χ3v) is 5.87. The van der Waals surface area contributed by atoms with E-state index in [2.05, 4.69) is 11.1 Å². The first-order valence-electron chi connectivity index (χ1n) is 10.8. The molecule has 1 aromatic heterocycles. The zero-order valence-corrected chi connectivity index (χ0v) is 19.7. The number of hydrogen-bond acceptors (Lipinski definition) is 8. The molecule has 0 spiro atoms. The Morgan fingerprint density at radius 3 is 2.36 bits per heavy atom. The summed E-state index contributed by atoms with van der Waals surface area (Å²) < 4.78 is 26.3. The number of allylic oxidation sites excluding steroid dienone is 1. The first kappa shape index (κ1) is 24.2. The largest absolute Gasteiger partial charge is 0.466 e. The van der Waals surface area contributed by atoms with Gasteiger partial charge in [0.1, 0.15) is 23.2 Å². The molecule has 2 aromatic carbocycles. The fourth-order valence-corrected chi connectivity index (χ4v) is 4.28. The van der Waals surface area contributed by atoms with Gasteiger partial charge in [0.15, 0.2) is 0 Å². The van der Waals surface area contributed by atoms with Crippen molar-refractivity contribution in [3.8, 4) is 11.8 Å². The maximum absolute atomic E-state index is 14.6. The topological polar surface area (TPSA) is 123 Å². The number of nitriles is 1. The first-order valence-corrected chi connectivity index (χ1v) is 10.8. The molecule has 3 aromatic rings. The lowest BCUT2D eigenvalue weighted by molar-refractivity contribution is -0.139. The summed E-state index contributed by atoms with van der Waals surface area (Å²) in [5.74, 6) is -3.04. The number of anilines is 1. The Morgan fingerprint density at radius 1 is 1.08 bits per heavy atom. The van der Waals surface area contributed by atoms with Crippen LogP contribution in [0.2, 0.25) is 0 Å². The SMILES string of the molecule is COC(=O)C1=C(C(=O)OC)N(c2cc(F)ccc2-n2ccnc2C)C(N)=C(C#N)C1c1ccccc1. The number of nitrogens with two attached hydrogens (primary N) is 1. The van der Waals surface area contributed by atoms with Crippen LogP contribution in [0.1, 0.15) is 17.3 Å². The van der Waals surface area contributed by atoms with Crippen LogP contribution in [-0.4, -0.2) is 35.7 Å². The molecule has 1 aliphatic rings. The van der Waals surface area contributed by atoms with Gasteiger partial charge in [-0.25, -0.2) is 19.0 Å². The van der Waals surface area contributed by atoms with Gasteiger partial charge in [-0.05, 0) is 24.6 Å². The number of carbonyl (C=O) groups is 2. The Labute approximate surface area is 206 Å². The number of aryl methyl sites for hydroxylation is 1. The molecule has 1 aliphatic heterocycles. The highest BCUT2D eigenvalue weighted by Crippen LogP contribution is 2.44. The molecule has 2 N–H and O–H groups in total. The molecule has 10 heteroatoms. The van der Waals surface area contributed by atoms with E-state index in [0.717, 1.165) is 25.2 Å². The van der Waals surface area contributed by atoms with Gasteiger partial charge in [-0.15, -0.1) is 0 Å². The zero-order chi connectivity index (χ0) is 26.0. The molecule has 4 rings (SSSR count). The molecule has 2 heterocycles. The smallest absolute Gasteiger partial charge is 0.355 e. The van der Waals surface area contributed by atoms with E-state index >= 15 is 0 Å². The van der Waals surface area contributed by atoms with Crippen molar-refractivity contribution in [2.24, 2.45) is 5.73 Å². The average Bonchev–Trinajstić information content (AvgIpc) is 3.32. The van der Waals surface area contributed by atoms with E-state index in [4.69, 9.17) is 15.2 Å². The summed E-state index contributed by atoms with van der Waals surface area (Å²) in [6.45, 7) is 1.74. The number of carbonyl (C=O) groups excluding carboxylic acids is 2. The lowest BCUT2D eigenvalue weighted by atomic mass is 9.81. The monoisotopic (exact) mass is 487 g/mol. The lowest BCUT2D eigenvalue weighted by Gasteiger charge is -2.36. The van der Waals surface area contributed by atoms with Crippen molar-refractivity contribution in [1.82, 2.24) is 9.55 Å². The van der Waals surface area contributed by atoms with E-state index in [1.54, 1.807) is 54.2 Å². The molecule has 1 unspecified atom stereocenters. The zero-order valence-electron chi connectivity index (χ0n) is 19.7. The van der Waals surface area contributed by atoms with Crippen LogP contribution in [0, 0.1) is 24.1 Å². The Kier molecular flexibility index (Phi) is 6.56. The third kappa shape index (κ3) is 3.96. The molecule has 0 saturated carbocycles. The number of halogens is 1. The number of ether oxygens (including phenoxy) is 2. The number of rotatable bonds is 5. The molecular weight excluding hydrogens is 465 g/mol. The molecule has 182 valence electrons. The molecule has 0 radical (unpaired) electrons. The van der Waals surface area contributed by atoms with Crippen molar-refractivity contribution >= 4 is 17.6 Å². The quantitative estimate of drug-likeness (QED) is 0.544. The van der Waals surface area contributed by atoms with E-state index in [0.29, 0.717) is 17.1 Å². The van der Waals surface area contributed by atoms with Gasteiger partial charge < -0.3 is 19.8 Å². The van der Waals surface area contributed by atoms with Gasteiger partial charge in [-0.2, -0.15) is 5.26 Å². The fourth-order valence-electron chi connectivity index (χ4n) is 4.28. The molecule has 0 saturated heterocycles. The van der Waals surface area contributed by atoms with Crippen molar-refractivity contribution < 1.29 is 23.5 Å². The van der Waals surface area contributed by atoms with Crippen molar-refractivity contribution in [2.45, 2.75) is 12.8 Å². The molecule has 1 atom stereocenters. The number of methoxy groups -OCH3 is 2. The summed E-state index contributed by atoms with van der Waals surface area (Å²) >= 11 is 0. The van der Waals surface area contributed by atoms with Gasteiger partial charge in [0.05, 0.1) is 48.7 Å². The third-order valence-electron chi connectivity index (χ3n) is 5.87. The summed E-state index contributed by atoms with van der Waals surface area (Å²) in [5.41, 5.74) is 7.07. The number of aromatic nitrogens is 2. The number of hydrogen-bond donors (Lipinski definition) is 1. The summed E-state index contributed by atoms with van der Waals surface area (Å²) in [6, 6.07) is 14.6. The van der Waals surface area contributed by atoms with Gasteiger partial charge in [0, 0.05) is 18.5 Å². The maximum atomic E-state index is 14.6. The van der Waals surface area contributed by atoms with E-state index in [1.807, 2.05) is 0 Å². The van der Waals surface area contributed by atoms with Gasteiger partial charge in [-0.1, -0.05) is 30.3 Å². The average molecular weight is 487 g/mol. The van der Waals surface area contributed by atoms with E-state index in [-0.39, 0.29) is 28.4 Å². The Hall–Kier alpha value is -4.91. The summed E-state index contributed by atoms with van der Waals surface area (Å²) in [5, 5.41) is 10.2. The highest BCUT2D eigenvalue weighted by Gasteiger charge is 2.43. The highest BCUT2D eigenvalue weighted by molar-refractivity contribution is 6.06.